The Bertz CT molecular complexity index is 631. The lowest BCUT2D eigenvalue weighted by molar-refractivity contribution is 0.0697. The van der Waals surface area contributed by atoms with Gasteiger partial charge < -0.3 is 10.4 Å². The van der Waals surface area contributed by atoms with Gasteiger partial charge >= 0.3 is 5.97 Å². The van der Waals surface area contributed by atoms with E-state index in [0.717, 1.165) is 0 Å². The van der Waals surface area contributed by atoms with Crippen molar-refractivity contribution in [2.45, 2.75) is 0 Å². The molecule has 0 radical (unpaired) electrons. The number of aromatic carboxylic acids is 1. The number of nitrogens with zero attached hydrogens (tertiary/aromatic N) is 2. The smallest absolute Gasteiger partial charge is 0.337 e. The minimum absolute atomic E-state index is 0.0285. The van der Waals surface area contributed by atoms with Crippen LogP contribution in [-0.4, -0.2) is 27.0 Å². The average Bonchev–Trinajstić information content (AvgIpc) is 2.39. The highest BCUT2D eigenvalue weighted by atomic mass is 35.5. The van der Waals surface area contributed by atoms with Crippen LogP contribution in [0.2, 0.25) is 5.02 Å². The fraction of sp³-hybridized carbons (Fsp3) is 0. The minimum Gasteiger partial charge on any atom is -0.478 e. The largest absolute Gasteiger partial charge is 0.478 e. The van der Waals surface area contributed by atoms with Crippen LogP contribution < -0.4 is 5.32 Å². The quantitative estimate of drug-likeness (QED) is 0.896. The zero-order valence-electron chi connectivity index (χ0n) is 9.50. The van der Waals surface area contributed by atoms with Gasteiger partial charge in [0, 0.05) is 18.1 Å². The average molecular weight is 278 g/mol. The first-order valence-corrected chi connectivity index (χ1v) is 5.56. The van der Waals surface area contributed by atoms with Crippen molar-refractivity contribution in [1.82, 2.24) is 9.97 Å². The number of aromatic nitrogens is 2. The molecule has 96 valence electrons. The molecule has 0 aliphatic carbocycles. The number of rotatable bonds is 3. The van der Waals surface area contributed by atoms with E-state index in [-0.39, 0.29) is 16.3 Å². The summed E-state index contributed by atoms with van der Waals surface area (Å²) in [5.74, 6) is -1.58. The summed E-state index contributed by atoms with van der Waals surface area (Å²) >= 11 is 5.79. The summed E-state index contributed by atoms with van der Waals surface area (Å²) in [6, 6.07) is 4.12. The van der Waals surface area contributed by atoms with Gasteiger partial charge in [-0.15, -0.1) is 0 Å². The van der Waals surface area contributed by atoms with Gasteiger partial charge in [-0.1, -0.05) is 11.6 Å². The third-order valence-corrected chi connectivity index (χ3v) is 2.57. The zero-order chi connectivity index (χ0) is 13.8. The van der Waals surface area contributed by atoms with E-state index in [1.165, 1.54) is 36.8 Å². The minimum atomic E-state index is -1.13. The van der Waals surface area contributed by atoms with Crippen molar-refractivity contribution in [3.05, 3.63) is 53.1 Å². The predicted octanol–water partition coefficient (Wildman–Crippen LogP) is 2.08. The number of halogens is 1. The number of carboxylic acid groups (broad SMARTS) is 1. The molecule has 2 aromatic rings. The second-order valence-corrected chi connectivity index (χ2v) is 3.95. The van der Waals surface area contributed by atoms with Crippen molar-refractivity contribution in [2.75, 3.05) is 5.32 Å². The molecule has 1 amide bonds. The lowest BCUT2D eigenvalue weighted by Crippen LogP contribution is -2.14. The van der Waals surface area contributed by atoms with Gasteiger partial charge in [-0.3, -0.25) is 9.78 Å². The lowest BCUT2D eigenvalue weighted by Gasteiger charge is -2.06. The van der Waals surface area contributed by atoms with Crippen LogP contribution in [-0.2, 0) is 0 Å². The van der Waals surface area contributed by atoms with Crippen LogP contribution in [0.4, 0.5) is 5.69 Å². The highest BCUT2D eigenvalue weighted by Crippen LogP contribution is 2.21. The third-order valence-electron chi connectivity index (χ3n) is 2.25. The summed E-state index contributed by atoms with van der Waals surface area (Å²) in [4.78, 5) is 30.2. The fourth-order valence-corrected chi connectivity index (χ4v) is 1.64. The highest BCUT2D eigenvalue weighted by Gasteiger charge is 2.11. The summed E-state index contributed by atoms with van der Waals surface area (Å²) in [7, 11) is 0. The normalized spacial score (nSPS) is 9.95. The maximum atomic E-state index is 11.8. The molecule has 0 atom stereocenters. The summed E-state index contributed by atoms with van der Waals surface area (Å²) in [5, 5.41) is 11.4. The molecule has 0 saturated heterocycles. The Balaban J connectivity index is 2.19. The molecular formula is C12H8ClN3O3. The van der Waals surface area contributed by atoms with Crippen LogP contribution in [0.5, 0.6) is 0 Å². The van der Waals surface area contributed by atoms with Crippen molar-refractivity contribution >= 4 is 29.2 Å². The van der Waals surface area contributed by atoms with Crippen molar-refractivity contribution in [1.29, 1.82) is 0 Å². The van der Waals surface area contributed by atoms with Crippen LogP contribution in [0.3, 0.4) is 0 Å². The number of carbonyl (C=O) groups excluding carboxylic acids is 1. The number of hydrogen-bond acceptors (Lipinski definition) is 4. The molecular weight excluding hydrogens is 270 g/mol. The van der Waals surface area contributed by atoms with Gasteiger partial charge in [0.1, 0.15) is 5.69 Å². The van der Waals surface area contributed by atoms with Crippen LogP contribution in [0.25, 0.3) is 0 Å². The molecule has 0 aliphatic heterocycles. The maximum absolute atomic E-state index is 11.8. The van der Waals surface area contributed by atoms with Crippen molar-refractivity contribution in [3.63, 3.8) is 0 Å². The second kappa shape index (κ2) is 5.45. The van der Waals surface area contributed by atoms with E-state index in [2.05, 4.69) is 15.3 Å². The molecule has 2 rings (SSSR count). The molecule has 1 aromatic heterocycles. The summed E-state index contributed by atoms with van der Waals surface area (Å²) < 4.78 is 0. The van der Waals surface area contributed by atoms with E-state index < -0.39 is 11.9 Å². The van der Waals surface area contributed by atoms with E-state index in [9.17, 15) is 9.59 Å². The van der Waals surface area contributed by atoms with E-state index >= 15 is 0 Å². The number of amides is 1. The number of carboxylic acids is 1. The van der Waals surface area contributed by atoms with Crippen molar-refractivity contribution in [2.24, 2.45) is 0 Å². The molecule has 0 fully saturated rings. The summed E-state index contributed by atoms with van der Waals surface area (Å²) in [5.41, 5.74) is 0.505. The van der Waals surface area contributed by atoms with Crippen molar-refractivity contribution < 1.29 is 14.7 Å². The summed E-state index contributed by atoms with van der Waals surface area (Å²) in [6.07, 6.45) is 4.17. The fourth-order valence-electron chi connectivity index (χ4n) is 1.38. The van der Waals surface area contributed by atoms with Crippen LogP contribution in [0.1, 0.15) is 20.8 Å². The molecule has 0 spiro atoms. The topological polar surface area (TPSA) is 92.2 Å². The van der Waals surface area contributed by atoms with Gasteiger partial charge in [-0.2, -0.15) is 0 Å². The van der Waals surface area contributed by atoms with Gasteiger partial charge in [0.2, 0.25) is 0 Å². The molecule has 19 heavy (non-hydrogen) atoms. The Labute approximate surface area is 113 Å². The first-order chi connectivity index (χ1) is 9.08. The molecule has 6 nitrogen and oxygen atoms in total. The highest BCUT2D eigenvalue weighted by molar-refractivity contribution is 6.33. The number of benzene rings is 1. The number of anilines is 1. The van der Waals surface area contributed by atoms with E-state index in [1.54, 1.807) is 0 Å². The summed E-state index contributed by atoms with van der Waals surface area (Å²) in [6.45, 7) is 0. The van der Waals surface area contributed by atoms with Crippen LogP contribution in [0, 0.1) is 0 Å². The van der Waals surface area contributed by atoms with Gasteiger partial charge in [0.15, 0.2) is 0 Å². The molecule has 0 bridgehead atoms. The Morgan fingerprint density at radius 2 is 2.05 bits per heavy atom. The predicted molar refractivity (Wildman–Crippen MR) is 68.4 cm³/mol. The van der Waals surface area contributed by atoms with Crippen molar-refractivity contribution in [3.8, 4) is 0 Å². The standard InChI is InChI=1S/C12H8ClN3O3/c13-9-5-7(1-2-8(9)12(18)19)16-11(17)10-6-14-3-4-15-10/h1-6H,(H,16,17)(H,18,19). The molecule has 1 aromatic carbocycles. The van der Waals surface area contributed by atoms with E-state index in [4.69, 9.17) is 16.7 Å². The molecule has 0 unspecified atom stereocenters. The van der Waals surface area contributed by atoms with Gasteiger partial charge in [0.05, 0.1) is 16.8 Å². The zero-order valence-corrected chi connectivity index (χ0v) is 10.3. The molecule has 0 aliphatic rings. The third kappa shape index (κ3) is 3.05. The van der Waals surface area contributed by atoms with E-state index in [1.807, 2.05) is 0 Å². The Morgan fingerprint density at radius 1 is 1.26 bits per heavy atom. The SMILES string of the molecule is O=C(Nc1ccc(C(=O)O)c(Cl)c1)c1cnccn1. The monoisotopic (exact) mass is 277 g/mol. The lowest BCUT2D eigenvalue weighted by atomic mass is 10.2. The Morgan fingerprint density at radius 3 is 2.63 bits per heavy atom. The first kappa shape index (κ1) is 13.0. The number of nitrogens with one attached hydrogen (secondary N) is 1. The first-order valence-electron chi connectivity index (χ1n) is 5.18. The van der Waals surface area contributed by atoms with Crippen LogP contribution in [0.15, 0.2) is 36.8 Å². The molecule has 7 heteroatoms. The maximum Gasteiger partial charge on any atom is 0.337 e. The Kier molecular flexibility index (Phi) is 3.72. The molecule has 0 saturated carbocycles. The van der Waals surface area contributed by atoms with Gasteiger partial charge in [-0.25, -0.2) is 9.78 Å². The number of hydrogen-bond donors (Lipinski definition) is 2. The van der Waals surface area contributed by atoms with E-state index in [0.29, 0.717) is 5.69 Å². The number of carbonyl (C=O) groups is 2. The van der Waals surface area contributed by atoms with Gasteiger partial charge in [-0.05, 0) is 18.2 Å². The molecule has 1 heterocycles. The second-order valence-electron chi connectivity index (χ2n) is 3.54. The molecule has 2 N–H and O–H groups in total. The van der Waals surface area contributed by atoms with Crippen LogP contribution >= 0.6 is 11.6 Å². The van der Waals surface area contributed by atoms with Gasteiger partial charge in [0.25, 0.3) is 5.91 Å². The Hall–Kier alpha value is -2.47.